The monoisotopic (exact) mass is 252 g/mol. The summed E-state index contributed by atoms with van der Waals surface area (Å²) >= 11 is 5.88. The van der Waals surface area contributed by atoms with Crippen LogP contribution < -0.4 is 0 Å². The zero-order valence-electron chi connectivity index (χ0n) is 8.86. The topological polar surface area (TPSA) is 86.2 Å². The number of hydrogen-bond donors (Lipinski definition) is 3. The van der Waals surface area contributed by atoms with Gasteiger partial charge in [0.25, 0.3) is 0 Å². The van der Waals surface area contributed by atoms with E-state index >= 15 is 0 Å². The van der Waals surface area contributed by atoms with Crippen LogP contribution in [-0.2, 0) is 0 Å². The van der Waals surface area contributed by atoms with Crippen molar-refractivity contribution in [1.29, 1.82) is 0 Å². The number of benzene rings is 1. The second kappa shape index (κ2) is 4.10. The average molecular weight is 253 g/mol. The first kappa shape index (κ1) is 11.5. The molecule has 0 unspecified atom stereocenters. The van der Waals surface area contributed by atoms with E-state index in [0.717, 1.165) is 0 Å². The summed E-state index contributed by atoms with van der Waals surface area (Å²) in [7, 11) is 0. The lowest BCUT2D eigenvalue weighted by Gasteiger charge is -2.05. The first-order valence-electron chi connectivity index (χ1n) is 4.77. The molecule has 0 amide bonds. The van der Waals surface area contributed by atoms with Gasteiger partial charge in [-0.3, -0.25) is 5.10 Å². The number of phenolic OH excluding ortho intramolecular Hbond substituents is 1. The molecule has 0 bridgehead atoms. The molecule has 17 heavy (non-hydrogen) atoms. The number of carboxylic acids is 1. The Morgan fingerprint density at radius 3 is 2.71 bits per heavy atom. The second-order valence-corrected chi connectivity index (χ2v) is 4.03. The summed E-state index contributed by atoms with van der Waals surface area (Å²) in [6.07, 6.45) is 0. The zero-order chi connectivity index (χ0) is 12.6. The SMILES string of the molecule is Cc1cc(Cl)cc(-c2cc(C(=O)O)[nH]n2)c1O. The highest BCUT2D eigenvalue weighted by molar-refractivity contribution is 6.31. The van der Waals surface area contributed by atoms with Gasteiger partial charge >= 0.3 is 5.97 Å². The predicted octanol–water partition coefficient (Wildman–Crippen LogP) is 2.44. The first-order valence-corrected chi connectivity index (χ1v) is 5.15. The van der Waals surface area contributed by atoms with Crippen LogP contribution >= 0.6 is 11.6 Å². The van der Waals surface area contributed by atoms with E-state index in [-0.39, 0.29) is 11.4 Å². The molecule has 0 aliphatic carbocycles. The fourth-order valence-electron chi connectivity index (χ4n) is 1.50. The van der Waals surface area contributed by atoms with E-state index in [1.807, 2.05) is 0 Å². The van der Waals surface area contributed by atoms with Crippen molar-refractivity contribution >= 4 is 17.6 Å². The fourth-order valence-corrected chi connectivity index (χ4v) is 1.77. The van der Waals surface area contributed by atoms with Gasteiger partial charge in [0, 0.05) is 10.6 Å². The molecular weight excluding hydrogens is 244 g/mol. The minimum atomic E-state index is -1.11. The molecule has 0 aliphatic heterocycles. The van der Waals surface area contributed by atoms with Gasteiger partial charge in [0.2, 0.25) is 0 Å². The molecular formula is C11H9ClN2O3. The second-order valence-electron chi connectivity index (χ2n) is 3.59. The molecule has 5 nitrogen and oxygen atoms in total. The van der Waals surface area contributed by atoms with Crippen molar-refractivity contribution < 1.29 is 15.0 Å². The highest BCUT2D eigenvalue weighted by Crippen LogP contribution is 2.33. The Morgan fingerprint density at radius 1 is 1.41 bits per heavy atom. The Balaban J connectivity index is 2.56. The maximum Gasteiger partial charge on any atom is 0.353 e. The van der Waals surface area contributed by atoms with Crippen LogP contribution in [0, 0.1) is 6.92 Å². The van der Waals surface area contributed by atoms with Crippen molar-refractivity contribution in [3.63, 3.8) is 0 Å². The van der Waals surface area contributed by atoms with Crippen molar-refractivity contribution in [2.45, 2.75) is 6.92 Å². The van der Waals surface area contributed by atoms with Crippen LogP contribution in [0.2, 0.25) is 5.02 Å². The number of aryl methyl sites for hydroxylation is 1. The van der Waals surface area contributed by atoms with Crippen LogP contribution in [0.25, 0.3) is 11.3 Å². The standard InChI is InChI=1S/C11H9ClN2O3/c1-5-2-6(12)3-7(10(5)15)8-4-9(11(16)17)14-13-8/h2-4,15H,1H3,(H,13,14)(H,16,17). The van der Waals surface area contributed by atoms with E-state index in [1.165, 1.54) is 12.1 Å². The van der Waals surface area contributed by atoms with Crippen molar-refractivity contribution in [3.8, 4) is 17.0 Å². The third kappa shape index (κ3) is 2.09. The number of rotatable bonds is 2. The Hall–Kier alpha value is -2.01. The lowest BCUT2D eigenvalue weighted by Crippen LogP contribution is -1.95. The third-order valence-electron chi connectivity index (χ3n) is 2.35. The Kier molecular flexibility index (Phi) is 2.77. The van der Waals surface area contributed by atoms with Crippen LogP contribution in [0.1, 0.15) is 16.1 Å². The molecule has 0 saturated carbocycles. The summed E-state index contributed by atoms with van der Waals surface area (Å²) in [5.74, 6) is -1.07. The van der Waals surface area contributed by atoms with Gasteiger partial charge in [0.15, 0.2) is 0 Å². The fraction of sp³-hybridized carbons (Fsp3) is 0.0909. The molecule has 1 heterocycles. The number of hydrogen-bond acceptors (Lipinski definition) is 3. The number of phenols is 1. The largest absolute Gasteiger partial charge is 0.507 e. The Morgan fingerprint density at radius 2 is 2.12 bits per heavy atom. The molecule has 88 valence electrons. The van der Waals surface area contributed by atoms with Gasteiger partial charge in [-0.2, -0.15) is 5.10 Å². The average Bonchev–Trinajstić information content (AvgIpc) is 2.72. The molecule has 0 atom stereocenters. The number of carboxylic acid groups (broad SMARTS) is 1. The minimum absolute atomic E-state index is 0.0397. The van der Waals surface area contributed by atoms with Crippen molar-refractivity contribution in [2.24, 2.45) is 0 Å². The van der Waals surface area contributed by atoms with Gasteiger partial charge in [-0.05, 0) is 30.7 Å². The summed E-state index contributed by atoms with van der Waals surface area (Å²) in [4.78, 5) is 10.7. The van der Waals surface area contributed by atoms with Crippen LogP contribution in [0.5, 0.6) is 5.75 Å². The molecule has 0 aliphatic rings. The van der Waals surface area contributed by atoms with E-state index in [0.29, 0.717) is 21.8 Å². The number of aromatic nitrogens is 2. The van der Waals surface area contributed by atoms with Crippen LogP contribution in [-0.4, -0.2) is 26.4 Å². The van der Waals surface area contributed by atoms with Crippen molar-refractivity contribution in [3.05, 3.63) is 34.5 Å². The minimum Gasteiger partial charge on any atom is -0.507 e. The summed E-state index contributed by atoms with van der Waals surface area (Å²) < 4.78 is 0. The first-order chi connectivity index (χ1) is 7.99. The lowest BCUT2D eigenvalue weighted by molar-refractivity contribution is 0.0690. The van der Waals surface area contributed by atoms with Gasteiger partial charge in [-0.1, -0.05) is 11.6 Å². The summed E-state index contributed by atoms with van der Waals surface area (Å²) in [6, 6.07) is 4.49. The van der Waals surface area contributed by atoms with Crippen molar-refractivity contribution in [2.75, 3.05) is 0 Å². The molecule has 2 aromatic rings. The number of aromatic carboxylic acids is 1. The molecule has 1 aromatic heterocycles. The van der Waals surface area contributed by atoms with E-state index in [9.17, 15) is 9.90 Å². The number of nitrogens with one attached hydrogen (secondary N) is 1. The molecule has 1 aromatic carbocycles. The summed E-state index contributed by atoms with van der Waals surface area (Å²) in [5.41, 5.74) is 1.30. The maximum atomic E-state index is 10.7. The van der Waals surface area contributed by atoms with E-state index in [4.69, 9.17) is 16.7 Å². The molecule has 6 heteroatoms. The number of aromatic hydroxyl groups is 1. The third-order valence-corrected chi connectivity index (χ3v) is 2.57. The van der Waals surface area contributed by atoms with Gasteiger partial charge < -0.3 is 10.2 Å². The highest BCUT2D eigenvalue weighted by Gasteiger charge is 2.14. The van der Waals surface area contributed by atoms with E-state index in [2.05, 4.69) is 10.2 Å². The number of carbonyl (C=O) groups is 1. The highest BCUT2D eigenvalue weighted by atomic mass is 35.5. The van der Waals surface area contributed by atoms with Crippen molar-refractivity contribution in [1.82, 2.24) is 10.2 Å². The molecule has 0 fully saturated rings. The maximum absolute atomic E-state index is 10.7. The normalized spacial score (nSPS) is 10.5. The van der Waals surface area contributed by atoms with Gasteiger partial charge in [-0.15, -0.1) is 0 Å². The van der Waals surface area contributed by atoms with Gasteiger partial charge in [-0.25, -0.2) is 4.79 Å². The van der Waals surface area contributed by atoms with Gasteiger partial charge in [0.1, 0.15) is 11.4 Å². The van der Waals surface area contributed by atoms with Gasteiger partial charge in [0.05, 0.1) is 5.69 Å². The van der Waals surface area contributed by atoms with Crippen LogP contribution in [0.15, 0.2) is 18.2 Å². The quantitative estimate of drug-likeness (QED) is 0.766. The zero-order valence-corrected chi connectivity index (χ0v) is 9.62. The van der Waals surface area contributed by atoms with Crippen LogP contribution in [0.3, 0.4) is 0 Å². The number of aromatic amines is 1. The summed E-state index contributed by atoms with van der Waals surface area (Å²) in [5, 5.41) is 25.3. The Bertz CT molecular complexity index is 592. The Labute approximate surface area is 102 Å². The molecule has 0 radical (unpaired) electrons. The number of H-pyrrole nitrogens is 1. The molecule has 0 spiro atoms. The predicted molar refractivity (Wildman–Crippen MR) is 62.4 cm³/mol. The smallest absolute Gasteiger partial charge is 0.353 e. The summed E-state index contributed by atoms with van der Waals surface area (Å²) in [6.45, 7) is 1.70. The molecule has 3 N–H and O–H groups in total. The number of halogens is 1. The van der Waals surface area contributed by atoms with E-state index < -0.39 is 5.97 Å². The molecule has 2 rings (SSSR count). The number of nitrogens with zero attached hydrogens (tertiary/aromatic N) is 1. The lowest BCUT2D eigenvalue weighted by atomic mass is 10.1. The van der Waals surface area contributed by atoms with Crippen LogP contribution in [0.4, 0.5) is 0 Å². The molecule has 0 saturated heterocycles. The van der Waals surface area contributed by atoms with E-state index in [1.54, 1.807) is 13.0 Å².